The van der Waals surface area contributed by atoms with Gasteiger partial charge in [0, 0.05) is 5.41 Å². The summed E-state index contributed by atoms with van der Waals surface area (Å²) in [6.07, 6.45) is 7.79. The van der Waals surface area contributed by atoms with Gasteiger partial charge in [-0.25, -0.2) is 0 Å². The molecule has 0 aromatic carbocycles. The molecule has 7 unspecified atom stereocenters. The number of hydrogen-bond acceptors (Lipinski definition) is 4. The molecule has 3 aliphatic carbocycles. The molecule has 0 radical (unpaired) electrons. The maximum atomic E-state index is 12.6. The Morgan fingerprint density at radius 3 is 2.67 bits per heavy atom. The van der Waals surface area contributed by atoms with Gasteiger partial charge in [-0.05, 0) is 57.3 Å². The van der Waals surface area contributed by atoms with Gasteiger partial charge in [0.05, 0.1) is 11.8 Å². The fraction of sp³-hybridized carbons (Fsp3) is 0.800. The lowest BCUT2D eigenvalue weighted by Gasteiger charge is -2.48. The zero-order chi connectivity index (χ0) is 17.3. The van der Waals surface area contributed by atoms with E-state index in [1.165, 1.54) is 0 Å². The molecule has 132 valence electrons. The highest BCUT2D eigenvalue weighted by atomic mass is 16.6. The highest BCUT2D eigenvalue weighted by molar-refractivity contribution is 5.78. The molecule has 1 saturated heterocycles. The first-order chi connectivity index (χ1) is 11.2. The SMILES string of the molecule is CC(OC(=O)C1CC2C=CC1C2)C1C(=O)OC2(C)CCC1C2(C)C. The molecule has 2 saturated carbocycles. The first kappa shape index (κ1) is 16.2. The number of hydrogen-bond donors (Lipinski definition) is 0. The van der Waals surface area contributed by atoms with Gasteiger partial charge in [-0.2, -0.15) is 0 Å². The standard InChI is InChI=1S/C20H28O4/c1-11(23-17(21)14-10-12-5-6-13(14)9-12)16-15-7-8-20(4,19(15,2)3)24-18(16)22/h5-6,11-16H,7-10H2,1-4H3. The third-order valence-electron chi connectivity index (χ3n) is 7.64. The van der Waals surface area contributed by atoms with Gasteiger partial charge in [0.1, 0.15) is 11.7 Å². The van der Waals surface area contributed by atoms with E-state index in [0.717, 1.165) is 25.7 Å². The second-order valence-electron chi connectivity index (χ2n) is 9.07. The van der Waals surface area contributed by atoms with E-state index in [4.69, 9.17) is 9.47 Å². The Bertz CT molecular complexity index is 607. The van der Waals surface area contributed by atoms with Crippen LogP contribution < -0.4 is 0 Å². The molecule has 0 aromatic heterocycles. The highest BCUT2D eigenvalue weighted by Crippen LogP contribution is 2.59. The highest BCUT2D eigenvalue weighted by Gasteiger charge is 2.63. The van der Waals surface area contributed by atoms with Crippen molar-refractivity contribution in [2.75, 3.05) is 0 Å². The van der Waals surface area contributed by atoms with Crippen LogP contribution in [0.4, 0.5) is 0 Å². The summed E-state index contributed by atoms with van der Waals surface area (Å²) < 4.78 is 11.6. The van der Waals surface area contributed by atoms with Crippen LogP contribution in [-0.4, -0.2) is 23.6 Å². The van der Waals surface area contributed by atoms with Crippen molar-refractivity contribution in [1.29, 1.82) is 0 Å². The summed E-state index contributed by atoms with van der Waals surface area (Å²) in [5.41, 5.74) is -0.466. The van der Waals surface area contributed by atoms with Crippen molar-refractivity contribution in [3.63, 3.8) is 0 Å². The Kier molecular flexibility index (Phi) is 3.43. The molecule has 4 rings (SSSR count). The first-order valence-electron chi connectivity index (χ1n) is 9.34. The lowest BCUT2D eigenvalue weighted by molar-refractivity contribution is -0.203. The van der Waals surface area contributed by atoms with Crippen LogP contribution in [0.1, 0.15) is 53.4 Å². The van der Waals surface area contributed by atoms with Crippen LogP contribution in [0.25, 0.3) is 0 Å². The van der Waals surface area contributed by atoms with Gasteiger partial charge < -0.3 is 9.47 Å². The summed E-state index contributed by atoms with van der Waals surface area (Å²) in [5, 5.41) is 0. The smallest absolute Gasteiger partial charge is 0.313 e. The Balaban J connectivity index is 1.48. The number of carbonyl (C=O) groups is 2. The summed E-state index contributed by atoms with van der Waals surface area (Å²) in [4.78, 5) is 25.2. The van der Waals surface area contributed by atoms with Gasteiger partial charge in [0.2, 0.25) is 0 Å². The second kappa shape index (κ2) is 5.09. The number of fused-ring (bicyclic) bond motifs is 4. The summed E-state index contributed by atoms with van der Waals surface area (Å²) in [6.45, 7) is 8.27. The average Bonchev–Trinajstić information content (AvgIpc) is 3.14. The van der Waals surface area contributed by atoms with E-state index in [9.17, 15) is 9.59 Å². The predicted molar refractivity (Wildman–Crippen MR) is 88.9 cm³/mol. The molecule has 1 heterocycles. The second-order valence-corrected chi connectivity index (χ2v) is 9.07. The van der Waals surface area contributed by atoms with E-state index in [1.54, 1.807) is 0 Å². The lowest BCUT2D eigenvalue weighted by atomic mass is 9.65. The number of allylic oxidation sites excluding steroid dienone is 2. The van der Waals surface area contributed by atoms with E-state index in [-0.39, 0.29) is 40.7 Å². The van der Waals surface area contributed by atoms with Crippen molar-refractivity contribution in [2.45, 2.75) is 65.1 Å². The molecular weight excluding hydrogens is 304 g/mol. The molecule has 0 aromatic rings. The Morgan fingerprint density at radius 2 is 2.04 bits per heavy atom. The fourth-order valence-electron chi connectivity index (χ4n) is 5.69. The molecule has 1 aliphatic heterocycles. The van der Waals surface area contributed by atoms with Crippen molar-refractivity contribution in [2.24, 2.45) is 35.0 Å². The minimum absolute atomic E-state index is 0.0242. The van der Waals surface area contributed by atoms with E-state index >= 15 is 0 Å². The van der Waals surface area contributed by atoms with Gasteiger partial charge in [-0.1, -0.05) is 26.0 Å². The first-order valence-corrected chi connectivity index (χ1v) is 9.34. The Morgan fingerprint density at radius 1 is 1.29 bits per heavy atom. The maximum absolute atomic E-state index is 12.6. The van der Waals surface area contributed by atoms with E-state index < -0.39 is 6.10 Å². The molecule has 4 aliphatic rings. The maximum Gasteiger partial charge on any atom is 0.313 e. The zero-order valence-electron chi connectivity index (χ0n) is 15.1. The molecule has 7 atom stereocenters. The van der Waals surface area contributed by atoms with Crippen LogP contribution in [0, 0.1) is 35.0 Å². The van der Waals surface area contributed by atoms with Crippen molar-refractivity contribution in [1.82, 2.24) is 0 Å². The number of rotatable bonds is 3. The Hall–Kier alpha value is -1.32. The van der Waals surface area contributed by atoms with Gasteiger partial charge in [0.15, 0.2) is 0 Å². The molecule has 24 heavy (non-hydrogen) atoms. The number of ether oxygens (including phenoxy) is 2. The summed E-state index contributed by atoms with van der Waals surface area (Å²) in [7, 11) is 0. The minimum atomic E-state index is -0.417. The van der Waals surface area contributed by atoms with Crippen LogP contribution >= 0.6 is 0 Å². The summed E-state index contributed by atoms with van der Waals surface area (Å²) >= 11 is 0. The summed E-state index contributed by atoms with van der Waals surface area (Å²) in [5.74, 6) is 0.406. The largest absolute Gasteiger partial charge is 0.462 e. The fourth-order valence-corrected chi connectivity index (χ4v) is 5.69. The van der Waals surface area contributed by atoms with Crippen molar-refractivity contribution in [3.05, 3.63) is 12.2 Å². The number of esters is 2. The monoisotopic (exact) mass is 332 g/mol. The van der Waals surface area contributed by atoms with Crippen LogP contribution in [0.5, 0.6) is 0 Å². The van der Waals surface area contributed by atoms with Gasteiger partial charge in [0.25, 0.3) is 0 Å². The van der Waals surface area contributed by atoms with E-state index in [2.05, 4.69) is 26.0 Å². The van der Waals surface area contributed by atoms with Gasteiger partial charge >= 0.3 is 11.9 Å². The van der Waals surface area contributed by atoms with Crippen LogP contribution in [-0.2, 0) is 19.1 Å². The lowest BCUT2D eigenvalue weighted by Crippen LogP contribution is -2.55. The summed E-state index contributed by atoms with van der Waals surface area (Å²) in [6, 6.07) is 0. The molecule has 0 amide bonds. The van der Waals surface area contributed by atoms with Crippen molar-refractivity contribution < 1.29 is 19.1 Å². The van der Waals surface area contributed by atoms with Crippen LogP contribution in [0.3, 0.4) is 0 Å². The van der Waals surface area contributed by atoms with E-state index in [0.29, 0.717) is 11.8 Å². The molecule has 4 nitrogen and oxygen atoms in total. The third kappa shape index (κ3) is 2.11. The van der Waals surface area contributed by atoms with Crippen LogP contribution in [0.2, 0.25) is 0 Å². The third-order valence-corrected chi connectivity index (χ3v) is 7.64. The molecule has 4 heteroatoms. The van der Waals surface area contributed by atoms with Gasteiger partial charge in [-0.3, -0.25) is 9.59 Å². The van der Waals surface area contributed by atoms with Gasteiger partial charge in [-0.15, -0.1) is 0 Å². The van der Waals surface area contributed by atoms with Crippen molar-refractivity contribution >= 4 is 11.9 Å². The quantitative estimate of drug-likeness (QED) is 0.586. The molecular formula is C20H28O4. The molecule has 0 N–H and O–H groups in total. The normalized spacial score (nSPS) is 46.0. The topological polar surface area (TPSA) is 52.6 Å². The van der Waals surface area contributed by atoms with Crippen molar-refractivity contribution in [3.8, 4) is 0 Å². The molecule has 0 spiro atoms. The van der Waals surface area contributed by atoms with Crippen LogP contribution in [0.15, 0.2) is 12.2 Å². The molecule has 3 fully saturated rings. The minimum Gasteiger partial charge on any atom is -0.462 e. The van der Waals surface area contributed by atoms with E-state index in [1.807, 2.05) is 13.8 Å². The number of carbonyl (C=O) groups excluding carboxylic acids is 2. The zero-order valence-corrected chi connectivity index (χ0v) is 15.1. The average molecular weight is 332 g/mol. The predicted octanol–water partition coefficient (Wildman–Crippen LogP) is 3.50. The molecule has 4 bridgehead atoms. The Labute approximate surface area is 144 Å².